The van der Waals surface area contributed by atoms with Crippen LogP contribution in [0.15, 0.2) is 0 Å². The van der Waals surface area contributed by atoms with E-state index in [1.165, 1.54) is 0 Å². The highest BCUT2D eigenvalue weighted by atomic mass is 16.5. The summed E-state index contributed by atoms with van der Waals surface area (Å²) in [7, 11) is 6.17. The normalized spacial score (nSPS) is 13.8. The molecule has 0 aliphatic heterocycles. The van der Waals surface area contributed by atoms with E-state index in [0.29, 0.717) is 6.04 Å². The van der Waals surface area contributed by atoms with E-state index in [9.17, 15) is 0 Å². The Balaban J connectivity index is 3.39. The summed E-state index contributed by atoms with van der Waals surface area (Å²) in [6.45, 7) is 4.76. The van der Waals surface area contributed by atoms with Gasteiger partial charge in [0.15, 0.2) is 0 Å². The van der Waals surface area contributed by atoms with Crippen molar-refractivity contribution in [2.45, 2.75) is 19.4 Å². The predicted octanol–water partition coefficient (Wildman–Crippen LogP) is 0.563. The van der Waals surface area contributed by atoms with Crippen molar-refractivity contribution >= 4 is 0 Å². The number of ether oxygens (including phenoxy) is 1. The average molecular weight is 174 g/mol. The van der Waals surface area contributed by atoms with Gasteiger partial charge in [0.2, 0.25) is 0 Å². The van der Waals surface area contributed by atoms with Crippen molar-refractivity contribution < 1.29 is 4.74 Å². The van der Waals surface area contributed by atoms with Gasteiger partial charge >= 0.3 is 0 Å². The van der Waals surface area contributed by atoms with Gasteiger partial charge in [-0.2, -0.15) is 0 Å². The van der Waals surface area contributed by atoms with E-state index in [1.54, 1.807) is 0 Å². The minimum Gasteiger partial charge on any atom is -0.380 e. The van der Waals surface area contributed by atoms with Crippen molar-refractivity contribution in [3.8, 4) is 0 Å². The van der Waals surface area contributed by atoms with Crippen molar-refractivity contribution in [2.24, 2.45) is 0 Å². The number of rotatable bonds is 7. The summed E-state index contributed by atoms with van der Waals surface area (Å²) < 4.78 is 5.34. The van der Waals surface area contributed by atoms with Crippen LogP contribution in [0.4, 0.5) is 0 Å². The fraction of sp³-hybridized carbons (Fsp3) is 1.00. The van der Waals surface area contributed by atoms with E-state index in [1.807, 2.05) is 14.0 Å². The molecule has 0 amide bonds. The van der Waals surface area contributed by atoms with Crippen LogP contribution in [-0.4, -0.2) is 51.8 Å². The summed E-state index contributed by atoms with van der Waals surface area (Å²) >= 11 is 0. The van der Waals surface area contributed by atoms with Gasteiger partial charge < -0.3 is 15.0 Å². The zero-order valence-electron chi connectivity index (χ0n) is 8.76. The van der Waals surface area contributed by atoms with E-state index >= 15 is 0 Å². The molecule has 1 N–H and O–H groups in total. The van der Waals surface area contributed by atoms with Gasteiger partial charge in [0.05, 0.1) is 6.61 Å². The molecule has 0 saturated carbocycles. The summed E-state index contributed by atoms with van der Waals surface area (Å²) in [5.74, 6) is 0. The second kappa shape index (κ2) is 7.53. The first-order chi connectivity index (χ1) is 5.70. The Morgan fingerprint density at radius 2 is 2.08 bits per heavy atom. The fourth-order valence-corrected chi connectivity index (χ4v) is 0.985. The van der Waals surface area contributed by atoms with E-state index in [2.05, 4.69) is 24.3 Å². The Bertz CT molecular complexity index is 96.5. The van der Waals surface area contributed by atoms with Gasteiger partial charge in [0.1, 0.15) is 0 Å². The molecule has 3 heteroatoms. The van der Waals surface area contributed by atoms with Crippen LogP contribution in [0, 0.1) is 0 Å². The maximum atomic E-state index is 5.34. The van der Waals surface area contributed by atoms with Crippen LogP contribution in [0.1, 0.15) is 13.3 Å². The van der Waals surface area contributed by atoms with Crippen LogP contribution in [0.2, 0.25) is 0 Å². The van der Waals surface area contributed by atoms with Crippen molar-refractivity contribution in [2.75, 3.05) is 40.9 Å². The SMILES string of the molecule is CCOCC(CCN(C)C)NC. The van der Waals surface area contributed by atoms with E-state index in [-0.39, 0.29) is 0 Å². The highest BCUT2D eigenvalue weighted by Gasteiger charge is 2.05. The third-order valence-electron chi connectivity index (χ3n) is 1.86. The van der Waals surface area contributed by atoms with Gasteiger partial charge in [-0.15, -0.1) is 0 Å². The summed E-state index contributed by atoms with van der Waals surface area (Å²) in [6, 6.07) is 0.493. The summed E-state index contributed by atoms with van der Waals surface area (Å²) in [6.07, 6.45) is 1.14. The van der Waals surface area contributed by atoms with Crippen LogP contribution in [0.3, 0.4) is 0 Å². The first kappa shape index (κ1) is 11.9. The smallest absolute Gasteiger partial charge is 0.0619 e. The number of likely N-dealkylation sites (N-methyl/N-ethyl adjacent to an activating group) is 1. The summed E-state index contributed by atoms with van der Waals surface area (Å²) in [5.41, 5.74) is 0. The molecule has 0 radical (unpaired) electrons. The highest BCUT2D eigenvalue weighted by Crippen LogP contribution is 1.93. The molecule has 0 aliphatic rings. The lowest BCUT2D eigenvalue weighted by Gasteiger charge is -2.18. The highest BCUT2D eigenvalue weighted by molar-refractivity contribution is 4.64. The van der Waals surface area contributed by atoms with Gasteiger partial charge in [-0.1, -0.05) is 0 Å². The topological polar surface area (TPSA) is 24.5 Å². The Kier molecular flexibility index (Phi) is 7.45. The second-order valence-corrected chi connectivity index (χ2v) is 3.24. The van der Waals surface area contributed by atoms with Crippen LogP contribution in [0.25, 0.3) is 0 Å². The Labute approximate surface area is 76.1 Å². The predicted molar refractivity (Wildman–Crippen MR) is 52.5 cm³/mol. The molecule has 74 valence electrons. The van der Waals surface area contributed by atoms with Crippen LogP contribution in [-0.2, 0) is 4.74 Å². The van der Waals surface area contributed by atoms with Gasteiger partial charge in [-0.3, -0.25) is 0 Å². The largest absolute Gasteiger partial charge is 0.380 e. The van der Waals surface area contributed by atoms with Gasteiger partial charge in [0.25, 0.3) is 0 Å². The Morgan fingerprint density at radius 3 is 2.50 bits per heavy atom. The maximum Gasteiger partial charge on any atom is 0.0619 e. The third kappa shape index (κ3) is 6.58. The molecule has 0 aromatic heterocycles. The molecule has 0 heterocycles. The average Bonchev–Trinajstić information content (AvgIpc) is 2.05. The molecule has 0 aromatic carbocycles. The maximum absolute atomic E-state index is 5.34. The molecule has 1 atom stereocenters. The minimum absolute atomic E-state index is 0.493. The molecular formula is C9H22N2O. The van der Waals surface area contributed by atoms with Crippen molar-refractivity contribution in [1.82, 2.24) is 10.2 Å². The molecule has 0 aromatic rings. The van der Waals surface area contributed by atoms with E-state index in [0.717, 1.165) is 26.2 Å². The molecule has 0 aliphatic carbocycles. The molecule has 12 heavy (non-hydrogen) atoms. The lowest BCUT2D eigenvalue weighted by atomic mass is 10.2. The molecule has 0 saturated heterocycles. The van der Waals surface area contributed by atoms with Crippen molar-refractivity contribution in [3.63, 3.8) is 0 Å². The monoisotopic (exact) mass is 174 g/mol. The van der Waals surface area contributed by atoms with Crippen molar-refractivity contribution in [1.29, 1.82) is 0 Å². The summed E-state index contributed by atoms with van der Waals surface area (Å²) in [4.78, 5) is 2.19. The number of hydrogen-bond donors (Lipinski definition) is 1. The molecular weight excluding hydrogens is 152 g/mol. The standard InChI is InChI=1S/C9H22N2O/c1-5-12-8-9(10-2)6-7-11(3)4/h9-10H,5-8H2,1-4H3. The van der Waals surface area contributed by atoms with Gasteiger partial charge in [0, 0.05) is 12.6 Å². The minimum atomic E-state index is 0.493. The fourth-order valence-electron chi connectivity index (χ4n) is 0.985. The van der Waals surface area contributed by atoms with E-state index in [4.69, 9.17) is 4.74 Å². The summed E-state index contributed by atoms with van der Waals surface area (Å²) in [5, 5.41) is 3.24. The quantitative estimate of drug-likeness (QED) is 0.610. The lowest BCUT2D eigenvalue weighted by Crippen LogP contribution is -2.33. The van der Waals surface area contributed by atoms with Crippen molar-refractivity contribution in [3.05, 3.63) is 0 Å². The zero-order chi connectivity index (χ0) is 9.40. The van der Waals surface area contributed by atoms with Crippen LogP contribution in [0.5, 0.6) is 0 Å². The first-order valence-corrected chi connectivity index (χ1v) is 4.60. The van der Waals surface area contributed by atoms with Gasteiger partial charge in [-0.25, -0.2) is 0 Å². The number of hydrogen-bond acceptors (Lipinski definition) is 3. The van der Waals surface area contributed by atoms with Gasteiger partial charge in [-0.05, 0) is 41.0 Å². The first-order valence-electron chi connectivity index (χ1n) is 4.60. The Morgan fingerprint density at radius 1 is 1.42 bits per heavy atom. The van der Waals surface area contributed by atoms with Crippen LogP contribution >= 0.6 is 0 Å². The second-order valence-electron chi connectivity index (χ2n) is 3.24. The Hall–Kier alpha value is -0.120. The molecule has 0 bridgehead atoms. The molecule has 1 unspecified atom stereocenters. The van der Waals surface area contributed by atoms with E-state index < -0.39 is 0 Å². The molecule has 0 spiro atoms. The zero-order valence-corrected chi connectivity index (χ0v) is 8.76. The number of nitrogens with one attached hydrogen (secondary N) is 1. The third-order valence-corrected chi connectivity index (χ3v) is 1.86. The molecule has 0 fully saturated rings. The lowest BCUT2D eigenvalue weighted by molar-refractivity contribution is 0.119. The van der Waals surface area contributed by atoms with Crippen LogP contribution < -0.4 is 5.32 Å². The number of nitrogens with zero attached hydrogens (tertiary/aromatic N) is 1. The molecule has 0 rings (SSSR count). The molecule has 3 nitrogen and oxygen atoms in total.